The lowest BCUT2D eigenvalue weighted by Crippen LogP contribution is -2.12. The van der Waals surface area contributed by atoms with Crippen LogP contribution in [0.3, 0.4) is 0 Å². The molecule has 0 aliphatic heterocycles. The standard InChI is InChI=1S/C21H21NO4/c1-3-24-19-10-5-4-9-18(19)22-21(23)20-12-11-17(26-20)14-25-16-8-6-7-15(2)13-16/h4-13H,3,14H2,1-2H3,(H,22,23). The van der Waals surface area contributed by atoms with Crippen LogP contribution in [-0.4, -0.2) is 12.5 Å². The number of amides is 1. The maximum Gasteiger partial charge on any atom is 0.291 e. The molecule has 1 N–H and O–H groups in total. The number of hydrogen-bond donors (Lipinski definition) is 1. The second-order valence-corrected chi connectivity index (χ2v) is 5.75. The average molecular weight is 351 g/mol. The van der Waals surface area contributed by atoms with Crippen molar-refractivity contribution in [2.24, 2.45) is 0 Å². The minimum absolute atomic E-state index is 0.221. The highest BCUT2D eigenvalue weighted by Gasteiger charge is 2.14. The fraction of sp³-hybridized carbons (Fsp3) is 0.190. The molecule has 26 heavy (non-hydrogen) atoms. The van der Waals surface area contributed by atoms with Gasteiger partial charge in [-0.2, -0.15) is 0 Å². The zero-order valence-electron chi connectivity index (χ0n) is 14.8. The molecular formula is C21H21NO4. The van der Waals surface area contributed by atoms with Crippen molar-refractivity contribution in [3.8, 4) is 11.5 Å². The molecule has 0 spiro atoms. The van der Waals surface area contributed by atoms with Crippen LogP contribution in [0.15, 0.2) is 65.1 Å². The summed E-state index contributed by atoms with van der Waals surface area (Å²) in [6.07, 6.45) is 0. The van der Waals surface area contributed by atoms with E-state index in [1.54, 1.807) is 18.2 Å². The molecule has 0 saturated heterocycles. The van der Waals surface area contributed by atoms with Crippen LogP contribution in [-0.2, 0) is 6.61 Å². The molecule has 0 radical (unpaired) electrons. The Labute approximate surface area is 152 Å². The number of anilines is 1. The van der Waals surface area contributed by atoms with Crippen molar-refractivity contribution in [1.29, 1.82) is 0 Å². The third kappa shape index (κ3) is 4.45. The number of hydrogen-bond acceptors (Lipinski definition) is 4. The van der Waals surface area contributed by atoms with Crippen molar-refractivity contribution in [3.63, 3.8) is 0 Å². The number of ether oxygens (including phenoxy) is 2. The summed E-state index contributed by atoms with van der Waals surface area (Å²) in [5, 5.41) is 2.81. The van der Waals surface area contributed by atoms with Crippen molar-refractivity contribution in [2.75, 3.05) is 11.9 Å². The first kappa shape index (κ1) is 17.6. The lowest BCUT2D eigenvalue weighted by molar-refractivity contribution is 0.0992. The Kier molecular flexibility index (Phi) is 5.59. The first-order valence-corrected chi connectivity index (χ1v) is 8.47. The van der Waals surface area contributed by atoms with Gasteiger partial charge in [-0.15, -0.1) is 0 Å². The van der Waals surface area contributed by atoms with Crippen molar-refractivity contribution in [2.45, 2.75) is 20.5 Å². The molecule has 1 heterocycles. The molecule has 0 saturated carbocycles. The van der Waals surface area contributed by atoms with Crippen LogP contribution in [0.1, 0.15) is 28.8 Å². The maximum absolute atomic E-state index is 12.4. The SMILES string of the molecule is CCOc1ccccc1NC(=O)c1ccc(COc2cccc(C)c2)o1. The van der Waals surface area contributed by atoms with E-state index in [1.807, 2.05) is 56.3 Å². The average Bonchev–Trinajstić information content (AvgIpc) is 3.11. The number of para-hydroxylation sites is 2. The lowest BCUT2D eigenvalue weighted by Gasteiger charge is -2.10. The lowest BCUT2D eigenvalue weighted by atomic mass is 10.2. The van der Waals surface area contributed by atoms with Gasteiger partial charge in [-0.1, -0.05) is 24.3 Å². The highest BCUT2D eigenvalue weighted by atomic mass is 16.5. The zero-order chi connectivity index (χ0) is 18.4. The summed E-state index contributed by atoms with van der Waals surface area (Å²) in [7, 11) is 0. The molecule has 134 valence electrons. The molecule has 0 bridgehead atoms. The summed E-state index contributed by atoms with van der Waals surface area (Å²) < 4.78 is 16.8. The number of aryl methyl sites for hydroxylation is 1. The highest BCUT2D eigenvalue weighted by molar-refractivity contribution is 6.03. The second kappa shape index (κ2) is 8.25. The molecule has 0 unspecified atom stereocenters. The van der Waals surface area contributed by atoms with E-state index in [4.69, 9.17) is 13.9 Å². The van der Waals surface area contributed by atoms with Crippen molar-refractivity contribution in [3.05, 3.63) is 77.7 Å². The van der Waals surface area contributed by atoms with E-state index in [9.17, 15) is 4.79 Å². The molecule has 5 heteroatoms. The smallest absolute Gasteiger partial charge is 0.291 e. The van der Waals surface area contributed by atoms with E-state index < -0.39 is 0 Å². The molecule has 5 nitrogen and oxygen atoms in total. The first-order chi connectivity index (χ1) is 12.7. The predicted octanol–water partition coefficient (Wildman–Crippen LogP) is 4.82. The Balaban J connectivity index is 1.63. The highest BCUT2D eigenvalue weighted by Crippen LogP contribution is 2.24. The van der Waals surface area contributed by atoms with Gasteiger partial charge in [0.05, 0.1) is 12.3 Å². The Morgan fingerprint density at radius 3 is 2.69 bits per heavy atom. The number of benzene rings is 2. The Bertz CT molecular complexity index is 885. The molecule has 1 amide bonds. The Morgan fingerprint density at radius 1 is 1.04 bits per heavy atom. The molecular weight excluding hydrogens is 330 g/mol. The number of carbonyl (C=O) groups is 1. The summed E-state index contributed by atoms with van der Waals surface area (Å²) in [6.45, 7) is 4.67. The largest absolute Gasteiger partial charge is 0.492 e. The van der Waals surface area contributed by atoms with Crippen molar-refractivity contribution >= 4 is 11.6 Å². The van der Waals surface area contributed by atoms with Crippen LogP contribution in [0.2, 0.25) is 0 Å². The van der Waals surface area contributed by atoms with E-state index in [-0.39, 0.29) is 18.3 Å². The monoisotopic (exact) mass is 351 g/mol. The molecule has 3 rings (SSSR count). The van der Waals surface area contributed by atoms with Gasteiger partial charge in [-0.3, -0.25) is 4.79 Å². The molecule has 0 aliphatic rings. The van der Waals surface area contributed by atoms with E-state index in [0.717, 1.165) is 11.3 Å². The van der Waals surface area contributed by atoms with Gasteiger partial charge in [0, 0.05) is 0 Å². The quantitative estimate of drug-likeness (QED) is 0.663. The van der Waals surface area contributed by atoms with E-state index in [2.05, 4.69) is 5.32 Å². The van der Waals surface area contributed by atoms with Crippen LogP contribution < -0.4 is 14.8 Å². The number of nitrogens with one attached hydrogen (secondary N) is 1. The van der Waals surface area contributed by atoms with Crippen LogP contribution in [0.4, 0.5) is 5.69 Å². The van der Waals surface area contributed by atoms with Gasteiger partial charge in [-0.05, 0) is 55.8 Å². The topological polar surface area (TPSA) is 60.7 Å². The normalized spacial score (nSPS) is 10.4. The molecule has 0 aliphatic carbocycles. The summed E-state index contributed by atoms with van der Waals surface area (Å²) in [5.74, 6) is 1.85. The van der Waals surface area contributed by atoms with E-state index >= 15 is 0 Å². The fourth-order valence-electron chi connectivity index (χ4n) is 2.47. The van der Waals surface area contributed by atoms with Gasteiger partial charge < -0.3 is 19.2 Å². The van der Waals surface area contributed by atoms with Crippen LogP contribution >= 0.6 is 0 Å². The summed E-state index contributed by atoms with van der Waals surface area (Å²) in [6, 6.07) is 18.4. The van der Waals surface area contributed by atoms with Gasteiger partial charge in [0.25, 0.3) is 5.91 Å². The third-order valence-corrected chi connectivity index (χ3v) is 3.69. The van der Waals surface area contributed by atoms with E-state index in [0.29, 0.717) is 23.8 Å². The molecule has 2 aromatic carbocycles. The minimum Gasteiger partial charge on any atom is -0.492 e. The van der Waals surface area contributed by atoms with Gasteiger partial charge in [0.15, 0.2) is 5.76 Å². The van der Waals surface area contributed by atoms with Gasteiger partial charge in [0.2, 0.25) is 0 Å². The summed E-state index contributed by atoms with van der Waals surface area (Å²) >= 11 is 0. The molecule has 0 atom stereocenters. The van der Waals surface area contributed by atoms with Gasteiger partial charge in [0.1, 0.15) is 23.9 Å². The zero-order valence-corrected chi connectivity index (χ0v) is 14.8. The van der Waals surface area contributed by atoms with Gasteiger partial charge in [-0.25, -0.2) is 0 Å². The summed E-state index contributed by atoms with van der Waals surface area (Å²) in [4.78, 5) is 12.4. The fourth-order valence-corrected chi connectivity index (χ4v) is 2.47. The number of rotatable bonds is 7. The molecule has 3 aromatic rings. The maximum atomic E-state index is 12.4. The van der Waals surface area contributed by atoms with Gasteiger partial charge >= 0.3 is 0 Å². The summed E-state index contributed by atoms with van der Waals surface area (Å²) in [5.41, 5.74) is 1.73. The third-order valence-electron chi connectivity index (χ3n) is 3.69. The Morgan fingerprint density at radius 2 is 1.88 bits per heavy atom. The second-order valence-electron chi connectivity index (χ2n) is 5.75. The molecule has 1 aromatic heterocycles. The van der Waals surface area contributed by atoms with Crippen LogP contribution in [0.25, 0.3) is 0 Å². The van der Waals surface area contributed by atoms with E-state index in [1.165, 1.54) is 0 Å². The van der Waals surface area contributed by atoms with Crippen LogP contribution in [0, 0.1) is 6.92 Å². The predicted molar refractivity (Wildman–Crippen MR) is 99.8 cm³/mol. The van der Waals surface area contributed by atoms with Crippen molar-refractivity contribution in [1.82, 2.24) is 0 Å². The number of furan rings is 1. The first-order valence-electron chi connectivity index (χ1n) is 8.47. The number of carbonyl (C=O) groups excluding carboxylic acids is 1. The van der Waals surface area contributed by atoms with Crippen LogP contribution in [0.5, 0.6) is 11.5 Å². The Hall–Kier alpha value is -3.21. The molecule has 0 fully saturated rings. The minimum atomic E-state index is -0.334. The van der Waals surface area contributed by atoms with Crippen molar-refractivity contribution < 1.29 is 18.7 Å².